The Morgan fingerprint density at radius 3 is 2.82 bits per heavy atom. The molecule has 0 aliphatic carbocycles. The molecular formula is C19H16ClN3O4S. The summed E-state index contributed by atoms with van der Waals surface area (Å²) in [6.07, 6.45) is 0. The zero-order chi connectivity index (χ0) is 19.8. The topological polar surface area (TPSA) is 84.7 Å². The molecule has 0 fully saturated rings. The van der Waals surface area contributed by atoms with Crippen LogP contribution in [0, 0.1) is 13.8 Å². The van der Waals surface area contributed by atoms with Crippen LogP contribution in [0.1, 0.15) is 26.7 Å². The molecule has 1 aliphatic heterocycles. The first kappa shape index (κ1) is 18.5. The zero-order valence-electron chi connectivity index (χ0n) is 15.1. The lowest BCUT2D eigenvalue weighted by Crippen LogP contribution is -2.38. The number of benzene rings is 1. The third-order valence-electron chi connectivity index (χ3n) is 4.45. The van der Waals surface area contributed by atoms with Gasteiger partial charge in [-0.05, 0) is 44.2 Å². The van der Waals surface area contributed by atoms with Gasteiger partial charge in [-0.2, -0.15) is 0 Å². The highest BCUT2D eigenvalue weighted by Crippen LogP contribution is 2.36. The Hall–Kier alpha value is -2.84. The maximum Gasteiger partial charge on any atom is 0.265 e. The third-order valence-corrected chi connectivity index (χ3v) is 5.68. The fourth-order valence-electron chi connectivity index (χ4n) is 2.97. The van der Waals surface area contributed by atoms with Gasteiger partial charge < -0.3 is 19.5 Å². The first-order chi connectivity index (χ1) is 13.4. The Labute approximate surface area is 169 Å². The fraction of sp³-hybridized carbons (Fsp3) is 0.211. The van der Waals surface area contributed by atoms with Gasteiger partial charge in [0.1, 0.15) is 11.5 Å². The SMILES string of the molecule is Cc1noc(C)c1CN1C(=O)COc2ccc(NC(=O)c3ccc(Cl)s3)cc21. The number of hydrogen-bond acceptors (Lipinski definition) is 6. The van der Waals surface area contributed by atoms with E-state index in [0.29, 0.717) is 38.6 Å². The van der Waals surface area contributed by atoms with Crippen LogP contribution < -0.4 is 15.0 Å². The van der Waals surface area contributed by atoms with Crippen molar-refractivity contribution in [1.82, 2.24) is 5.16 Å². The average molecular weight is 418 g/mol. The summed E-state index contributed by atoms with van der Waals surface area (Å²) in [5, 5.41) is 6.77. The number of anilines is 2. The molecule has 3 aromatic rings. The second-order valence-electron chi connectivity index (χ2n) is 6.31. The Bertz CT molecular complexity index is 1060. The lowest BCUT2D eigenvalue weighted by Gasteiger charge is -2.29. The average Bonchev–Trinajstić information content (AvgIpc) is 3.24. The number of carbonyl (C=O) groups excluding carboxylic acids is 2. The van der Waals surface area contributed by atoms with Crippen LogP contribution in [0.15, 0.2) is 34.9 Å². The first-order valence-electron chi connectivity index (χ1n) is 8.48. The largest absolute Gasteiger partial charge is 0.482 e. The van der Waals surface area contributed by atoms with Crippen molar-refractivity contribution in [3.8, 4) is 5.75 Å². The third kappa shape index (κ3) is 3.48. The molecule has 1 N–H and O–H groups in total. The van der Waals surface area contributed by atoms with Crippen molar-refractivity contribution in [2.75, 3.05) is 16.8 Å². The number of nitrogens with one attached hydrogen (secondary N) is 1. The van der Waals surface area contributed by atoms with E-state index in [4.69, 9.17) is 20.9 Å². The zero-order valence-corrected chi connectivity index (χ0v) is 16.7. The molecule has 3 heterocycles. The van der Waals surface area contributed by atoms with Crippen LogP contribution in [0.5, 0.6) is 5.75 Å². The van der Waals surface area contributed by atoms with Crippen LogP contribution in [0.2, 0.25) is 4.34 Å². The minimum absolute atomic E-state index is 0.0459. The number of aromatic nitrogens is 1. The summed E-state index contributed by atoms with van der Waals surface area (Å²) in [4.78, 5) is 27.0. The normalized spacial score (nSPS) is 13.2. The Kier molecular flexibility index (Phi) is 4.82. The number of aryl methyl sites for hydroxylation is 2. The lowest BCUT2D eigenvalue weighted by atomic mass is 10.1. The number of halogens is 1. The molecule has 144 valence electrons. The van der Waals surface area contributed by atoms with Gasteiger partial charge in [0.2, 0.25) is 0 Å². The van der Waals surface area contributed by atoms with Gasteiger partial charge in [0, 0.05) is 11.3 Å². The van der Waals surface area contributed by atoms with Gasteiger partial charge in [-0.1, -0.05) is 16.8 Å². The fourth-order valence-corrected chi connectivity index (χ4v) is 3.91. The highest BCUT2D eigenvalue weighted by Gasteiger charge is 2.28. The highest BCUT2D eigenvalue weighted by molar-refractivity contribution is 7.18. The van der Waals surface area contributed by atoms with Crippen LogP contribution >= 0.6 is 22.9 Å². The molecule has 0 atom stereocenters. The monoisotopic (exact) mass is 417 g/mol. The van der Waals surface area contributed by atoms with Crippen molar-refractivity contribution in [2.45, 2.75) is 20.4 Å². The van der Waals surface area contributed by atoms with E-state index in [1.807, 2.05) is 13.8 Å². The van der Waals surface area contributed by atoms with Gasteiger partial charge >= 0.3 is 0 Å². The summed E-state index contributed by atoms with van der Waals surface area (Å²) in [7, 11) is 0. The summed E-state index contributed by atoms with van der Waals surface area (Å²) in [5.41, 5.74) is 2.72. The molecule has 0 saturated heterocycles. The Morgan fingerprint density at radius 2 is 2.14 bits per heavy atom. The minimum atomic E-state index is -0.267. The summed E-state index contributed by atoms with van der Waals surface area (Å²) in [6.45, 7) is 3.91. The number of thiophene rings is 1. The van der Waals surface area contributed by atoms with E-state index in [9.17, 15) is 9.59 Å². The van der Waals surface area contributed by atoms with E-state index in [0.717, 1.165) is 11.3 Å². The van der Waals surface area contributed by atoms with E-state index in [-0.39, 0.29) is 18.4 Å². The molecule has 2 aromatic heterocycles. The van der Waals surface area contributed by atoms with Gasteiger partial charge in [0.05, 0.1) is 27.1 Å². The maximum absolute atomic E-state index is 12.5. The van der Waals surface area contributed by atoms with E-state index in [1.165, 1.54) is 11.3 Å². The van der Waals surface area contributed by atoms with Gasteiger partial charge in [-0.15, -0.1) is 11.3 Å². The molecule has 1 aliphatic rings. The van der Waals surface area contributed by atoms with E-state index in [2.05, 4.69) is 10.5 Å². The van der Waals surface area contributed by atoms with Crippen LogP contribution in [-0.2, 0) is 11.3 Å². The highest BCUT2D eigenvalue weighted by atomic mass is 35.5. The predicted molar refractivity (Wildman–Crippen MR) is 106 cm³/mol. The standard InChI is InChI=1S/C19H16ClN3O4S/c1-10-13(11(2)27-22-10)8-23-14-7-12(3-4-15(14)26-9-18(23)24)21-19(25)16-5-6-17(20)28-16/h3-7H,8-9H2,1-2H3,(H,21,25). The van der Waals surface area contributed by atoms with Crippen LogP contribution in [-0.4, -0.2) is 23.6 Å². The van der Waals surface area contributed by atoms with Gasteiger partial charge in [0.15, 0.2) is 6.61 Å². The number of fused-ring (bicyclic) bond motifs is 1. The second-order valence-corrected chi connectivity index (χ2v) is 8.03. The van der Waals surface area contributed by atoms with Crippen LogP contribution in [0.25, 0.3) is 0 Å². The molecule has 0 unspecified atom stereocenters. The van der Waals surface area contributed by atoms with Crippen LogP contribution in [0.3, 0.4) is 0 Å². The Balaban J connectivity index is 1.63. The summed E-state index contributed by atoms with van der Waals surface area (Å²) >= 11 is 7.09. The molecule has 28 heavy (non-hydrogen) atoms. The van der Waals surface area contributed by atoms with Gasteiger partial charge in [-0.3, -0.25) is 9.59 Å². The lowest BCUT2D eigenvalue weighted by molar-refractivity contribution is -0.121. The number of nitrogens with zero attached hydrogens (tertiary/aromatic N) is 2. The van der Waals surface area contributed by atoms with Crippen molar-refractivity contribution in [2.24, 2.45) is 0 Å². The molecule has 7 nitrogen and oxygen atoms in total. The van der Waals surface area contributed by atoms with Crippen molar-refractivity contribution < 1.29 is 18.8 Å². The van der Waals surface area contributed by atoms with E-state index in [1.54, 1.807) is 35.2 Å². The van der Waals surface area contributed by atoms with Gasteiger partial charge in [0.25, 0.3) is 11.8 Å². The first-order valence-corrected chi connectivity index (χ1v) is 9.67. The number of hydrogen-bond donors (Lipinski definition) is 1. The quantitative estimate of drug-likeness (QED) is 0.688. The molecule has 2 amide bonds. The summed E-state index contributed by atoms with van der Waals surface area (Å²) < 4.78 is 11.3. The van der Waals surface area contributed by atoms with Crippen LogP contribution in [0.4, 0.5) is 11.4 Å². The smallest absolute Gasteiger partial charge is 0.265 e. The van der Waals surface area contributed by atoms with Crippen molar-refractivity contribution >= 4 is 46.1 Å². The Morgan fingerprint density at radius 1 is 1.32 bits per heavy atom. The number of carbonyl (C=O) groups is 2. The molecular weight excluding hydrogens is 402 g/mol. The number of ether oxygens (including phenoxy) is 1. The maximum atomic E-state index is 12.5. The molecule has 0 bridgehead atoms. The molecule has 0 radical (unpaired) electrons. The van der Waals surface area contributed by atoms with Crippen molar-refractivity contribution in [3.63, 3.8) is 0 Å². The summed E-state index contributed by atoms with van der Waals surface area (Å²) in [5.74, 6) is 0.791. The molecule has 1 aromatic carbocycles. The number of rotatable bonds is 4. The van der Waals surface area contributed by atoms with Crippen molar-refractivity contribution in [1.29, 1.82) is 0 Å². The second kappa shape index (κ2) is 7.29. The molecule has 0 saturated carbocycles. The molecule has 9 heteroatoms. The number of amides is 2. The van der Waals surface area contributed by atoms with E-state index < -0.39 is 0 Å². The van der Waals surface area contributed by atoms with E-state index >= 15 is 0 Å². The molecule has 0 spiro atoms. The summed E-state index contributed by atoms with van der Waals surface area (Å²) in [6, 6.07) is 8.52. The van der Waals surface area contributed by atoms with Gasteiger partial charge in [-0.25, -0.2) is 0 Å². The predicted octanol–water partition coefficient (Wildman–Crippen LogP) is 4.18. The minimum Gasteiger partial charge on any atom is -0.482 e. The van der Waals surface area contributed by atoms with Crippen molar-refractivity contribution in [3.05, 3.63) is 56.6 Å². The molecule has 4 rings (SSSR count).